The van der Waals surface area contributed by atoms with E-state index in [2.05, 4.69) is 15.5 Å². The third kappa shape index (κ3) is 8.12. The second kappa shape index (κ2) is 12.6. The molecule has 2 fully saturated rings. The van der Waals surface area contributed by atoms with Gasteiger partial charge in [0.15, 0.2) is 0 Å². The highest BCUT2D eigenvalue weighted by Gasteiger charge is 2.26. The van der Waals surface area contributed by atoms with Gasteiger partial charge in [0, 0.05) is 18.9 Å². The second-order valence-electron chi connectivity index (χ2n) is 7.98. The highest BCUT2D eigenvalue weighted by Crippen LogP contribution is 2.31. The predicted molar refractivity (Wildman–Crippen MR) is 108 cm³/mol. The van der Waals surface area contributed by atoms with Crippen molar-refractivity contribution in [1.29, 1.82) is 0 Å². The Morgan fingerprint density at radius 3 is 2.52 bits per heavy atom. The van der Waals surface area contributed by atoms with Crippen molar-refractivity contribution >= 4 is 11.8 Å². The molecule has 2 aliphatic rings. The molecule has 2 saturated carbocycles. The first-order valence-corrected chi connectivity index (χ1v) is 11.2. The molecule has 0 spiro atoms. The Morgan fingerprint density at radius 1 is 1.14 bits per heavy atom. The van der Waals surface area contributed by atoms with Crippen LogP contribution in [0.1, 0.15) is 107 Å². The van der Waals surface area contributed by atoms with E-state index in [-0.39, 0.29) is 24.1 Å². The van der Waals surface area contributed by atoms with Gasteiger partial charge in [-0.1, -0.05) is 63.9 Å². The van der Waals surface area contributed by atoms with Gasteiger partial charge in [0.25, 0.3) is 11.7 Å². The number of aromatic nitrogens is 2. The van der Waals surface area contributed by atoms with Crippen molar-refractivity contribution in [2.75, 3.05) is 6.54 Å². The Kier molecular flexibility index (Phi) is 10.1. The van der Waals surface area contributed by atoms with Crippen molar-refractivity contribution in [1.82, 2.24) is 20.9 Å². The molecule has 2 amide bonds. The van der Waals surface area contributed by atoms with Gasteiger partial charge in [0.1, 0.15) is 0 Å². The topological polar surface area (TPSA) is 117 Å². The summed E-state index contributed by atoms with van der Waals surface area (Å²) in [6.45, 7) is 4.64. The first-order chi connectivity index (χ1) is 14.2. The molecule has 164 valence electrons. The average Bonchev–Trinajstić information content (AvgIpc) is 3.47. The van der Waals surface area contributed by atoms with Crippen molar-refractivity contribution in [3.05, 3.63) is 11.7 Å². The Bertz CT molecular complexity index is 624. The predicted octanol–water partition coefficient (Wildman–Crippen LogP) is 3.97. The number of nitrogens with zero attached hydrogens (tertiary/aromatic N) is 2. The van der Waals surface area contributed by atoms with Gasteiger partial charge in [-0.25, -0.2) is 5.48 Å². The molecule has 1 atom stereocenters. The lowest BCUT2D eigenvalue weighted by atomic mass is 9.84. The lowest BCUT2D eigenvalue weighted by molar-refractivity contribution is -0.129. The fraction of sp³-hybridized carbons (Fsp3) is 0.810. The maximum atomic E-state index is 12.1. The molecule has 0 bridgehead atoms. The van der Waals surface area contributed by atoms with Crippen LogP contribution in [0.25, 0.3) is 0 Å². The van der Waals surface area contributed by atoms with Crippen LogP contribution >= 0.6 is 0 Å². The van der Waals surface area contributed by atoms with Crippen molar-refractivity contribution in [3.63, 3.8) is 0 Å². The number of hydrogen-bond acceptors (Lipinski definition) is 6. The zero-order chi connectivity index (χ0) is 21.1. The van der Waals surface area contributed by atoms with Crippen LogP contribution in [0.3, 0.4) is 0 Å². The van der Waals surface area contributed by atoms with E-state index in [4.69, 9.17) is 9.73 Å². The summed E-state index contributed by atoms with van der Waals surface area (Å²) >= 11 is 0. The molecule has 1 unspecified atom stereocenters. The SMILES string of the molecule is CC.O=C(CC(CCCC1CCCCC1)c1nc(C(=O)NCC2CC2)no1)NO. The van der Waals surface area contributed by atoms with E-state index in [9.17, 15) is 9.59 Å². The fourth-order valence-corrected chi connectivity index (χ4v) is 3.84. The van der Waals surface area contributed by atoms with Gasteiger partial charge in [-0.15, -0.1) is 0 Å². The van der Waals surface area contributed by atoms with E-state index in [1.54, 1.807) is 5.48 Å². The van der Waals surface area contributed by atoms with E-state index >= 15 is 0 Å². The molecular formula is C21H36N4O4. The summed E-state index contributed by atoms with van der Waals surface area (Å²) in [5.74, 6) is 0.503. The molecule has 29 heavy (non-hydrogen) atoms. The van der Waals surface area contributed by atoms with Crippen LogP contribution in [0.15, 0.2) is 4.52 Å². The van der Waals surface area contributed by atoms with Crippen LogP contribution in [-0.2, 0) is 4.79 Å². The summed E-state index contributed by atoms with van der Waals surface area (Å²) in [5.41, 5.74) is 1.67. The van der Waals surface area contributed by atoms with Crippen molar-refractivity contribution < 1.29 is 19.3 Å². The van der Waals surface area contributed by atoms with Gasteiger partial charge < -0.3 is 9.84 Å². The lowest BCUT2D eigenvalue weighted by Gasteiger charge is -2.22. The van der Waals surface area contributed by atoms with Crippen molar-refractivity contribution in [2.24, 2.45) is 11.8 Å². The van der Waals surface area contributed by atoms with Crippen LogP contribution < -0.4 is 10.8 Å². The Morgan fingerprint density at radius 2 is 1.86 bits per heavy atom. The van der Waals surface area contributed by atoms with Gasteiger partial charge in [-0.05, 0) is 31.1 Å². The largest absolute Gasteiger partial charge is 0.349 e. The minimum atomic E-state index is -0.490. The summed E-state index contributed by atoms with van der Waals surface area (Å²) in [5, 5.41) is 15.4. The van der Waals surface area contributed by atoms with E-state index in [0.29, 0.717) is 18.4 Å². The highest BCUT2D eigenvalue weighted by atomic mass is 16.5. The molecule has 1 aromatic rings. The molecule has 0 radical (unpaired) electrons. The number of carbonyl (C=O) groups is 2. The lowest BCUT2D eigenvalue weighted by Crippen LogP contribution is -2.26. The quantitative estimate of drug-likeness (QED) is 0.398. The molecule has 0 saturated heterocycles. The second-order valence-corrected chi connectivity index (χ2v) is 7.98. The van der Waals surface area contributed by atoms with E-state index < -0.39 is 5.91 Å². The number of nitrogens with one attached hydrogen (secondary N) is 2. The zero-order valence-electron chi connectivity index (χ0n) is 17.8. The number of hydrogen-bond donors (Lipinski definition) is 3. The monoisotopic (exact) mass is 408 g/mol. The maximum absolute atomic E-state index is 12.1. The summed E-state index contributed by atoms with van der Waals surface area (Å²) in [6, 6.07) is 0. The Hall–Kier alpha value is -1.96. The molecular weight excluding hydrogens is 372 g/mol. The number of hydroxylamine groups is 1. The molecule has 8 nitrogen and oxygen atoms in total. The summed E-state index contributed by atoms with van der Waals surface area (Å²) < 4.78 is 5.27. The Labute approximate surface area is 173 Å². The van der Waals surface area contributed by atoms with E-state index in [1.165, 1.54) is 32.1 Å². The van der Waals surface area contributed by atoms with Crippen LogP contribution in [0.2, 0.25) is 0 Å². The Balaban J connectivity index is 0.00000145. The molecule has 3 rings (SSSR count). The number of carbonyl (C=O) groups excluding carboxylic acids is 2. The van der Waals surface area contributed by atoms with Crippen LogP contribution in [0, 0.1) is 11.8 Å². The third-order valence-electron chi connectivity index (χ3n) is 5.69. The molecule has 2 aliphatic carbocycles. The molecule has 1 aromatic heterocycles. The minimum Gasteiger partial charge on any atom is -0.349 e. The van der Waals surface area contributed by atoms with E-state index in [0.717, 1.165) is 38.0 Å². The van der Waals surface area contributed by atoms with Gasteiger partial charge in [-0.2, -0.15) is 4.98 Å². The normalized spacial score (nSPS) is 17.8. The van der Waals surface area contributed by atoms with Crippen molar-refractivity contribution in [2.45, 2.75) is 90.4 Å². The smallest absolute Gasteiger partial charge is 0.292 e. The molecule has 0 aliphatic heterocycles. The standard InChI is InChI=1S/C19H30N4O4.C2H6/c24-16(22-26)11-15(8-4-7-13-5-2-1-3-6-13)19-21-17(23-27-19)18(25)20-12-14-9-10-14;1-2/h13-15,26H,1-12H2,(H,20,25)(H,22,24);1-2H3. The van der Waals surface area contributed by atoms with Crippen LogP contribution in [0.5, 0.6) is 0 Å². The fourth-order valence-electron chi connectivity index (χ4n) is 3.84. The first-order valence-electron chi connectivity index (χ1n) is 11.2. The average molecular weight is 409 g/mol. The zero-order valence-corrected chi connectivity index (χ0v) is 17.8. The number of amides is 2. The molecule has 8 heteroatoms. The highest BCUT2D eigenvalue weighted by molar-refractivity contribution is 5.90. The summed E-state index contributed by atoms with van der Waals surface area (Å²) in [4.78, 5) is 28.0. The van der Waals surface area contributed by atoms with Crippen LogP contribution in [0.4, 0.5) is 0 Å². The summed E-state index contributed by atoms with van der Waals surface area (Å²) in [6.07, 6.45) is 11.7. The van der Waals surface area contributed by atoms with Crippen LogP contribution in [-0.4, -0.2) is 33.7 Å². The maximum Gasteiger partial charge on any atom is 0.292 e. The van der Waals surface area contributed by atoms with Crippen molar-refractivity contribution in [3.8, 4) is 0 Å². The third-order valence-corrected chi connectivity index (χ3v) is 5.69. The van der Waals surface area contributed by atoms with Gasteiger partial charge >= 0.3 is 0 Å². The summed E-state index contributed by atoms with van der Waals surface area (Å²) in [7, 11) is 0. The van der Waals surface area contributed by atoms with E-state index in [1.807, 2.05) is 13.8 Å². The molecule has 1 heterocycles. The molecule has 3 N–H and O–H groups in total. The number of rotatable bonds is 10. The van der Waals surface area contributed by atoms with Gasteiger partial charge in [0.2, 0.25) is 11.8 Å². The first kappa shape index (κ1) is 23.3. The van der Waals surface area contributed by atoms with Gasteiger partial charge in [-0.3, -0.25) is 14.8 Å². The molecule has 0 aromatic carbocycles. The van der Waals surface area contributed by atoms with Gasteiger partial charge in [0.05, 0.1) is 0 Å². The minimum absolute atomic E-state index is 0.00679.